The number of nitriles is 1. The molecule has 1 N–H and O–H groups in total. The van der Waals surface area contributed by atoms with Gasteiger partial charge in [0.1, 0.15) is 12.3 Å². The van der Waals surface area contributed by atoms with Crippen LogP contribution >= 0.6 is 11.3 Å². The van der Waals surface area contributed by atoms with E-state index < -0.39 is 22.6 Å². The summed E-state index contributed by atoms with van der Waals surface area (Å²) < 4.78 is 27.8. The van der Waals surface area contributed by atoms with E-state index >= 15 is 4.39 Å². The monoisotopic (exact) mass is 461 g/mol. The van der Waals surface area contributed by atoms with E-state index in [1.165, 1.54) is 11.1 Å². The molecule has 1 spiro atoms. The Labute approximate surface area is 187 Å². The number of piperidine rings is 1. The molecule has 1 unspecified atom stereocenters. The lowest BCUT2D eigenvalue weighted by atomic mass is 9.74. The molecule has 164 valence electrons. The predicted molar refractivity (Wildman–Crippen MR) is 118 cm³/mol. The highest BCUT2D eigenvalue weighted by atomic mass is 32.2. The maximum Gasteiger partial charge on any atom is 0.346 e. The van der Waals surface area contributed by atoms with Crippen molar-refractivity contribution in [2.45, 2.75) is 48.8 Å². The first-order chi connectivity index (χ1) is 14.7. The van der Waals surface area contributed by atoms with Gasteiger partial charge in [0.25, 0.3) is 0 Å². The second-order valence-corrected chi connectivity index (χ2v) is 11.4. The largest absolute Gasteiger partial charge is 0.609 e. The zero-order valence-electron chi connectivity index (χ0n) is 17.5. The van der Waals surface area contributed by atoms with E-state index in [0.29, 0.717) is 26.1 Å². The SMILES string of the molecule is C[S+]([O-])c1nc(N2CC3(CCc4scc(C#N)c43)C2)c(F)c(N2CCC[C@](C)(O)C2)n1. The number of aryl methyl sites for hydroxylation is 1. The Kier molecular flexibility index (Phi) is 4.93. The van der Waals surface area contributed by atoms with Crippen molar-refractivity contribution in [1.82, 2.24) is 9.97 Å². The van der Waals surface area contributed by atoms with Crippen LogP contribution in [0.4, 0.5) is 16.0 Å². The fourth-order valence-corrected chi connectivity index (χ4v) is 6.75. The third-order valence-electron chi connectivity index (χ3n) is 6.66. The second kappa shape index (κ2) is 7.30. The van der Waals surface area contributed by atoms with Crippen molar-refractivity contribution in [2.75, 3.05) is 42.2 Å². The number of hydrogen-bond acceptors (Lipinski definition) is 8. The van der Waals surface area contributed by atoms with Gasteiger partial charge in [0.15, 0.2) is 11.6 Å². The van der Waals surface area contributed by atoms with Gasteiger partial charge in [-0.15, -0.1) is 11.3 Å². The van der Waals surface area contributed by atoms with Crippen LogP contribution in [0.3, 0.4) is 0 Å². The van der Waals surface area contributed by atoms with E-state index in [-0.39, 0.29) is 28.8 Å². The second-order valence-electron chi connectivity index (χ2n) is 9.14. The standard InChI is InChI=1S/C21H24FN5O2S2/c1-20(28)5-3-7-26(10-20)17-16(22)18(25-19(24-17)31(2)29)27-11-21(12-27)6-4-14-15(21)13(8-23)9-30-14/h9,28H,3-7,10-12H2,1-2H3/t20-,31?/m0/s1. The van der Waals surface area contributed by atoms with Crippen molar-refractivity contribution in [3.63, 3.8) is 0 Å². The molecule has 2 aromatic heterocycles. The van der Waals surface area contributed by atoms with Crippen molar-refractivity contribution < 1.29 is 14.0 Å². The number of hydrogen-bond donors (Lipinski definition) is 1. The number of anilines is 2. The van der Waals surface area contributed by atoms with Gasteiger partial charge < -0.3 is 19.5 Å². The number of β-amino-alcohol motifs (C(OH)–C–C–N with tert-alkyl or cyclic N) is 1. The van der Waals surface area contributed by atoms with Crippen molar-refractivity contribution in [1.29, 1.82) is 5.26 Å². The van der Waals surface area contributed by atoms with Gasteiger partial charge >= 0.3 is 5.16 Å². The summed E-state index contributed by atoms with van der Waals surface area (Å²) in [5.41, 5.74) is 0.789. The normalized spacial score (nSPS) is 25.3. The number of nitrogens with zero attached hydrogens (tertiary/aromatic N) is 5. The topological polar surface area (TPSA) is 99.3 Å². The van der Waals surface area contributed by atoms with Gasteiger partial charge in [-0.2, -0.15) is 19.6 Å². The summed E-state index contributed by atoms with van der Waals surface area (Å²) in [5, 5.41) is 22.0. The Morgan fingerprint density at radius 2 is 1.97 bits per heavy atom. The third kappa shape index (κ3) is 3.39. The Morgan fingerprint density at radius 3 is 2.61 bits per heavy atom. The zero-order chi connectivity index (χ0) is 22.0. The Balaban J connectivity index is 1.48. The third-order valence-corrected chi connectivity index (χ3v) is 8.41. The molecule has 7 nitrogen and oxygen atoms in total. The molecule has 0 amide bonds. The van der Waals surface area contributed by atoms with Crippen LogP contribution in [-0.2, 0) is 23.0 Å². The summed E-state index contributed by atoms with van der Waals surface area (Å²) in [5.74, 6) is -0.268. The molecule has 10 heteroatoms. The van der Waals surface area contributed by atoms with Crippen LogP contribution in [0, 0.1) is 17.1 Å². The van der Waals surface area contributed by atoms with Crippen molar-refractivity contribution >= 4 is 34.1 Å². The highest BCUT2D eigenvalue weighted by Crippen LogP contribution is 2.50. The molecule has 1 aliphatic carbocycles. The van der Waals surface area contributed by atoms with Crippen LogP contribution in [0.5, 0.6) is 0 Å². The van der Waals surface area contributed by atoms with E-state index in [1.807, 2.05) is 10.3 Å². The number of rotatable bonds is 3. The lowest BCUT2D eigenvalue weighted by Crippen LogP contribution is -2.59. The van der Waals surface area contributed by atoms with Crippen LogP contribution in [0.25, 0.3) is 0 Å². The fourth-order valence-electron chi connectivity index (χ4n) is 5.23. The number of aromatic nitrogens is 2. The van der Waals surface area contributed by atoms with Crippen LogP contribution in [0.2, 0.25) is 0 Å². The summed E-state index contributed by atoms with van der Waals surface area (Å²) in [6.45, 7) is 3.73. The lowest BCUT2D eigenvalue weighted by Gasteiger charge is -2.49. The summed E-state index contributed by atoms with van der Waals surface area (Å²) in [7, 11) is 0. The molecule has 2 atom stereocenters. The fraction of sp³-hybridized carbons (Fsp3) is 0.571. The van der Waals surface area contributed by atoms with Crippen molar-refractivity contribution in [3.8, 4) is 6.07 Å². The summed E-state index contributed by atoms with van der Waals surface area (Å²) in [6.07, 6.45) is 4.75. The van der Waals surface area contributed by atoms with Gasteiger partial charge in [0.05, 0.1) is 11.2 Å². The van der Waals surface area contributed by atoms with E-state index in [9.17, 15) is 14.9 Å². The average Bonchev–Trinajstić information content (AvgIpc) is 3.26. The van der Waals surface area contributed by atoms with Crippen LogP contribution in [0.1, 0.15) is 42.2 Å². The average molecular weight is 462 g/mol. The summed E-state index contributed by atoms with van der Waals surface area (Å²) in [4.78, 5) is 13.4. The molecule has 3 aliphatic rings. The molecule has 2 fully saturated rings. The van der Waals surface area contributed by atoms with E-state index in [2.05, 4.69) is 16.0 Å². The van der Waals surface area contributed by atoms with Gasteiger partial charge in [0.2, 0.25) is 5.82 Å². The van der Waals surface area contributed by atoms with Crippen molar-refractivity contribution in [3.05, 3.63) is 27.2 Å². The molecule has 0 bridgehead atoms. The molecule has 0 aromatic carbocycles. The molecule has 2 aromatic rings. The van der Waals surface area contributed by atoms with Crippen LogP contribution < -0.4 is 9.80 Å². The van der Waals surface area contributed by atoms with Gasteiger partial charge in [-0.05, 0) is 38.2 Å². The highest BCUT2D eigenvalue weighted by molar-refractivity contribution is 7.90. The molecule has 4 heterocycles. The van der Waals surface area contributed by atoms with Crippen LogP contribution in [-0.4, -0.2) is 57.7 Å². The van der Waals surface area contributed by atoms with Crippen molar-refractivity contribution in [2.24, 2.45) is 0 Å². The quantitative estimate of drug-likeness (QED) is 0.553. The maximum absolute atomic E-state index is 15.6. The minimum atomic E-state index is -1.47. The number of thiophene rings is 1. The smallest absolute Gasteiger partial charge is 0.346 e. The first kappa shape index (κ1) is 20.9. The molecule has 5 rings (SSSR count). The first-order valence-corrected chi connectivity index (χ1v) is 12.8. The Hall–Kier alpha value is -1.93. The molecular weight excluding hydrogens is 437 g/mol. The molecule has 0 radical (unpaired) electrons. The number of halogens is 1. The highest BCUT2D eigenvalue weighted by Gasteiger charge is 2.52. The number of fused-ring (bicyclic) bond motifs is 2. The predicted octanol–water partition coefficient (Wildman–Crippen LogP) is 2.34. The van der Waals surface area contributed by atoms with Gasteiger partial charge in [-0.1, -0.05) is 0 Å². The van der Waals surface area contributed by atoms with E-state index in [0.717, 1.165) is 30.4 Å². The Morgan fingerprint density at radius 1 is 1.26 bits per heavy atom. The van der Waals surface area contributed by atoms with E-state index in [4.69, 9.17) is 0 Å². The molecule has 2 saturated heterocycles. The minimum Gasteiger partial charge on any atom is -0.609 e. The molecule has 31 heavy (non-hydrogen) atoms. The molecule has 2 aliphatic heterocycles. The maximum atomic E-state index is 15.6. The summed E-state index contributed by atoms with van der Waals surface area (Å²) >= 11 is 0.164. The number of aliphatic hydroxyl groups is 1. The van der Waals surface area contributed by atoms with E-state index in [1.54, 1.807) is 23.2 Å². The summed E-state index contributed by atoms with van der Waals surface area (Å²) in [6, 6.07) is 2.30. The zero-order valence-corrected chi connectivity index (χ0v) is 19.2. The van der Waals surface area contributed by atoms with Gasteiger partial charge in [-0.3, -0.25) is 0 Å². The Bertz CT molecular complexity index is 1070. The minimum absolute atomic E-state index is 0.0953. The molecule has 0 saturated carbocycles. The van der Waals surface area contributed by atoms with Gasteiger partial charge in [0, 0.05) is 53.0 Å². The first-order valence-electron chi connectivity index (χ1n) is 10.4. The lowest BCUT2D eigenvalue weighted by molar-refractivity contribution is 0.0445. The van der Waals surface area contributed by atoms with Gasteiger partial charge in [-0.25, -0.2) is 0 Å². The molecular formula is C21H24FN5O2S2. The van der Waals surface area contributed by atoms with Crippen LogP contribution in [0.15, 0.2) is 10.5 Å².